The van der Waals surface area contributed by atoms with Crippen molar-refractivity contribution >= 4 is 29.0 Å². The number of hydrogen-bond acceptors (Lipinski definition) is 2. The van der Waals surface area contributed by atoms with E-state index in [2.05, 4.69) is 5.32 Å². The zero-order valence-corrected chi connectivity index (χ0v) is 12.6. The average Bonchev–Trinajstić information content (AvgIpc) is 2.47. The maximum absolute atomic E-state index is 12.3. The molecule has 0 saturated carbocycles. The molecule has 4 nitrogen and oxygen atoms in total. The van der Waals surface area contributed by atoms with Gasteiger partial charge in [0, 0.05) is 18.8 Å². The molecule has 0 aromatic heterocycles. The van der Waals surface area contributed by atoms with Gasteiger partial charge in [-0.15, -0.1) is 0 Å². The maximum Gasteiger partial charge on any atom is 0.322 e. The van der Waals surface area contributed by atoms with E-state index in [1.54, 1.807) is 17.0 Å². The van der Waals surface area contributed by atoms with Crippen molar-refractivity contribution in [3.63, 3.8) is 0 Å². The van der Waals surface area contributed by atoms with Crippen LogP contribution in [0.4, 0.5) is 16.2 Å². The van der Waals surface area contributed by atoms with Crippen LogP contribution in [0.2, 0.25) is 5.02 Å². The van der Waals surface area contributed by atoms with E-state index in [1.807, 2.05) is 43.3 Å². The number of nitrogens with two attached hydrogens (primary N) is 1. The normalized spacial score (nSPS) is 10.2. The summed E-state index contributed by atoms with van der Waals surface area (Å²) in [6, 6.07) is 14.5. The zero-order valence-electron chi connectivity index (χ0n) is 11.8. The molecule has 110 valence electrons. The lowest BCUT2D eigenvalue weighted by molar-refractivity contribution is 0.212. The molecule has 0 unspecified atom stereocenters. The molecule has 0 heterocycles. The van der Waals surface area contributed by atoms with E-state index < -0.39 is 0 Å². The number of rotatable bonds is 4. The highest BCUT2D eigenvalue weighted by molar-refractivity contribution is 6.33. The van der Waals surface area contributed by atoms with Crippen LogP contribution in [-0.4, -0.2) is 17.5 Å². The first-order valence-electron chi connectivity index (χ1n) is 6.75. The number of nitrogens with one attached hydrogen (secondary N) is 1. The van der Waals surface area contributed by atoms with Gasteiger partial charge in [-0.1, -0.05) is 35.9 Å². The number of carbonyl (C=O) groups is 1. The van der Waals surface area contributed by atoms with Crippen LogP contribution in [-0.2, 0) is 6.54 Å². The van der Waals surface area contributed by atoms with Crippen molar-refractivity contribution in [3.8, 4) is 0 Å². The summed E-state index contributed by atoms with van der Waals surface area (Å²) in [6.07, 6.45) is 0. The van der Waals surface area contributed by atoms with Crippen molar-refractivity contribution in [1.82, 2.24) is 4.90 Å². The molecule has 0 aliphatic heterocycles. The molecule has 2 amide bonds. The Balaban J connectivity index is 2.07. The van der Waals surface area contributed by atoms with Crippen LogP contribution < -0.4 is 11.1 Å². The number of urea groups is 1. The molecule has 0 fully saturated rings. The summed E-state index contributed by atoms with van der Waals surface area (Å²) in [5.41, 5.74) is 8.05. The fourth-order valence-corrected chi connectivity index (χ4v) is 2.18. The third-order valence-electron chi connectivity index (χ3n) is 3.11. The smallest absolute Gasteiger partial charge is 0.322 e. The third kappa shape index (κ3) is 4.13. The molecule has 21 heavy (non-hydrogen) atoms. The number of halogens is 1. The molecule has 0 bridgehead atoms. The fourth-order valence-electron chi connectivity index (χ4n) is 2.00. The molecule has 0 atom stereocenters. The Morgan fingerprint density at radius 3 is 2.67 bits per heavy atom. The number of nitrogen functional groups attached to an aromatic ring is 1. The second-order valence-electron chi connectivity index (χ2n) is 4.67. The monoisotopic (exact) mass is 303 g/mol. The zero-order chi connectivity index (χ0) is 15.2. The lowest BCUT2D eigenvalue weighted by Crippen LogP contribution is -2.34. The molecule has 0 radical (unpaired) electrons. The molecule has 0 aliphatic rings. The molecule has 0 spiro atoms. The highest BCUT2D eigenvalue weighted by Crippen LogP contribution is 2.21. The van der Waals surface area contributed by atoms with E-state index in [4.69, 9.17) is 17.3 Å². The largest absolute Gasteiger partial charge is 0.399 e. The van der Waals surface area contributed by atoms with Gasteiger partial charge in [0.05, 0.1) is 10.7 Å². The SMILES string of the molecule is CCN(Cc1cccc(N)c1)C(=O)Nc1ccccc1Cl. The summed E-state index contributed by atoms with van der Waals surface area (Å²) in [5.74, 6) is 0. The van der Waals surface area contributed by atoms with Gasteiger partial charge in [0.2, 0.25) is 0 Å². The maximum atomic E-state index is 12.3. The summed E-state index contributed by atoms with van der Waals surface area (Å²) in [7, 11) is 0. The van der Waals surface area contributed by atoms with Gasteiger partial charge in [-0.05, 0) is 36.8 Å². The molecular formula is C16H18ClN3O. The lowest BCUT2D eigenvalue weighted by Gasteiger charge is -2.22. The number of anilines is 2. The number of amides is 2. The van der Waals surface area contributed by atoms with Crippen molar-refractivity contribution in [2.24, 2.45) is 0 Å². The van der Waals surface area contributed by atoms with Gasteiger partial charge in [0.1, 0.15) is 0 Å². The van der Waals surface area contributed by atoms with Gasteiger partial charge in [0.25, 0.3) is 0 Å². The molecular weight excluding hydrogens is 286 g/mol. The quantitative estimate of drug-likeness (QED) is 0.839. The van der Waals surface area contributed by atoms with Gasteiger partial charge in [-0.25, -0.2) is 4.79 Å². The Kier molecular flexibility index (Phi) is 5.06. The Morgan fingerprint density at radius 2 is 2.00 bits per heavy atom. The van der Waals surface area contributed by atoms with Crippen LogP contribution in [0.3, 0.4) is 0 Å². The molecule has 2 aromatic carbocycles. The molecule has 2 rings (SSSR count). The lowest BCUT2D eigenvalue weighted by atomic mass is 10.2. The van der Waals surface area contributed by atoms with Gasteiger partial charge < -0.3 is 16.0 Å². The van der Waals surface area contributed by atoms with Gasteiger partial charge >= 0.3 is 6.03 Å². The van der Waals surface area contributed by atoms with Crippen LogP contribution >= 0.6 is 11.6 Å². The van der Waals surface area contributed by atoms with Crippen molar-refractivity contribution in [2.45, 2.75) is 13.5 Å². The van der Waals surface area contributed by atoms with Crippen molar-refractivity contribution in [1.29, 1.82) is 0 Å². The van der Waals surface area contributed by atoms with Crippen LogP contribution in [0.1, 0.15) is 12.5 Å². The Bertz CT molecular complexity index is 630. The standard InChI is InChI=1S/C16H18ClN3O/c1-2-20(11-12-6-5-7-13(18)10-12)16(21)19-15-9-4-3-8-14(15)17/h3-10H,2,11,18H2,1H3,(H,19,21). The number of benzene rings is 2. The van der Waals surface area contributed by atoms with Gasteiger partial charge in [-0.2, -0.15) is 0 Å². The summed E-state index contributed by atoms with van der Waals surface area (Å²) in [6.45, 7) is 3.02. The Labute approximate surface area is 129 Å². The average molecular weight is 304 g/mol. The van der Waals surface area contributed by atoms with E-state index in [1.165, 1.54) is 0 Å². The first-order chi connectivity index (χ1) is 10.1. The molecule has 5 heteroatoms. The predicted octanol–water partition coefficient (Wildman–Crippen LogP) is 3.98. The van der Waals surface area contributed by atoms with Gasteiger partial charge in [-0.3, -0.25) is 0 Å². The Morgan fingerprint density at radius 1 is 1.24 bits per heavy atom. The molecule has 3 N–H and O–H groups in total. The summed E-state index contributed by atoms with van der Waals surface area (Å²) in [5, 5.41) is 3.34. The second kappa shape index (κ2) is 6.99. The first kappa shape index (κ1) is 15.2. The van der Waals surface area contributed by atoms with Crippen molar-refractivity contribution < 1.29 is 4.79 Å². The number of para-hydroxylation sites is 1. The van der Waals surface area contributed by atoms with E-state index in [0.717, 1.165) is 5.56 Å². The predicted molar refractivity (Wildman–Crippen MR) is 87.4 cm³/mol. The van der Waals surface area contributed by atoms with E-state index >= 15 is 0 Å². The summed E-state index contributed by atoms with van der Waals surface area (Å²) in [4.78, 5) is 14.0. The molecule has 2 aromatic rings. The molecule has 0 aliphatic carbocycles. The minimum absolute atomic E-state index is 0.187. The van der Waals surface area contributed by atoms with Crippen LogP contribution in [0.15, 0.2) is 48.5 Å². The van der Waals surface area contributed by atoms with Crippen LogP contribution in [0, 0.1) is 0 Å². The number of nitrogens with zero attached hydrogens (tertiary/aromatic N) is 1. The highest BCUT2D eigenvalue weighted by Gasteiger charge is 2.13. The first-order valence-corrected chi connectivity index (χ1v) is 7.13. The van der Waals surface area contributed by atoms with Crippen LogP contribution in [0.25, 0.3) is 0 Å². The summed E-state index contributed by atoms with van der Waals surface area (Å²) >= 11 is 6.05. The van der Waals surface area contributed by atoms with Crippen LogP contribution in [0.5, 0.6) is 0 Å². The van der Waals surface area contributed by atoms with E-state index in [-0.39, 0.29) is 6.03 Å². The minimum atomic E-state index is -0.187. The van der Waals surface area contributed by atoms with E-state index in [9.17, 15) is 4.79 Å². The number of hydrogen-bond donors (Lipinski definition) is 2. The van der Waals surface area contributed by atoms with E-state index in [0.29, 0.717) is 29.5 Å². The number of carbonyl (C=O) groups excluding carboxylic acids is 1. The Hall–Kier alpha value is -2.20. The van der Waals surface area contributed by atoms with Gasteiger partial charge in [0.15, 0.2) is 0 Å². The second-order valence-corrected chi connectivity index (χ2v) is 5.08. The van der Waals surface area contributed by atoms with Crippen molar-refractivity contribution in [2.75, 3.05) is 17.6 Å². The summed E-state index contributed by atoms with van der Waals surface area (Å²) < 4.78 is 0. The third-order valence-corrected chi connectivity index (χ3v) is 3.44. The minimum Gasteiger partial charge on any atom is -0.399 e. The highest BCUT2D eigenvalue weighted by atomic mass is 35.5. The topological polar surface area (TPSA) is 58.4 Å². The van der Waals surface area contributed by atoms with Crippen molar-refractivity contribution in [3.05, 3.63) is 59.1 Å². The molecule has 0 saturated heterocycles. The fraction of sp³-hybridized carbons (Fsp3) is 0.188.